The Morgan fingerprint density at radius 2 is 1.33 bits per heavy atom. The minimum atomic E-state index is 0. The number of hydrogen-bond acceptors (Lipinski definition) is 0. The molecule has 1 aromatic carbocycles. The molecule has 0 aliphatic heterocycles. The van der Waals surface area contributed by atoms with Gasteiger partial charge in [0.15, 0.2) is 0 Å². The van der Waals surface area contributed by atoms with Crippen LogP contribution >= 0.6 is 0 Å². The maximum atomic E-state index is 2.18. The van der Waals surface area contributed by atoms with E-state index in [2.05, 4.69) is 32.9 Å². The third-order valence-electron chi connectivity index (χ3n) is 1.44. The van der Waals surface area contributed by atoms with Crippen molar-refractivity contribution in [2.24, 2.45) is 0 Å². The maximum Gasteiger partial charge on any atom is 0 e. The number of unbranched alkanes of at least 4 members (excludes halogenated alkanes) is 1. The van der Waals surface area contributed by atoms with Crippen LogP contribution in [-0.4, -0.2) is 0 Å². The fourth-order valence-corrected chi connectivity index (χ4v) is 0.534. The van der Waals surface area contributed by atoms with Gasteiger partial charge in [0.2, 0.25) is 0 Å². The van der Waals surface area contributed by atoms with E-state index in [-0.39, 0.29) is 19.5 Å². The minimum Gasteiger partial charge on any atom is -0.0654 e. The van der Waals surface area contributed by atoms with Crippen molar-refractivity contribution in [2.75, 3.05) is 0 Å². The van der Waals surface area contributed by atoms with Gasteiger partial charge in [0, 0.05) is 19.5 Å². The zero-order valence-electron chi connectivity index (χ0n) is 8.51. The Hall–Kier alpha value is -0.157. The monoisotopic (exact) mass is 214 g/mol. The molecule has 0 aliphatic carbocycles. The van der Waals surface area contributed by atoms with Crippen LogP contribution in [0.3, 0.4) is 0 Å². The zero-order valence-corrected chi connectivity index (χ0v) is 11.5. The summed E-state index contributed by atoms with van der Waals surface area (Å²) in [4.78, 5) is 0. The summed E-state index contributed by atoms with van der Waals surface area (Å²) in [7, 11) is 0. The molecule has 0 nitrogen and oxygen atoms in total. The van der Waals surface area contributed by atoms with Gasteiger partial charge >= 0.3 is 0 Å². The molecule has 0 fully saturated rings. The van der Waals surface area contributed by atoms with Crippen molar-refractivity contribution in [2.45, 2.75) is 33.6 Å². The van der Waals surface area contributed by atoms with E-state index in [0.717, 1.165) is 0 Å². The van der Waals surface area contributed by atoms with Gasteiger partial charge in [0.05, 0.1) is 0 Å². The molecule has 0 spiro atoms. The van der Waals surface area contributed by atoms with E-state index in [9.17, 15) is 0 Å². The molecule has 0 amide bonds. The fourth-order valence-electron chi connectivity index (χ4n) is 0.534. The predicted octanol–water partition coefficient (Wildman–Crippen LogP) is 3.80. The van der Waals surface area contributed by atoms with Crippen molar-refractivity contribution >= 4 is 0 Å². The van der Waals surface area contributed by atoms with E-state index in [4.69, 9.17) is 0 Å². The summed E-state index contributed by atoms with van der Waals surface area (Å²) >= 11 is 0. The minimum absolute atomic E-state index is 0. The summed E-state index contributed by atoms with van der Waals surface area (Å²) in [5.74, 6) is 0. The van der Waals surface area contributed by atoms with Crippen molar-refractivity contribution in [3.63, 3.8) is 0 Å². The van der Waals surface area contributed by atoms with Crippen LogP contribution in [0.4, 0.5) is 0 Å². The average Bonchev–Trinajstić information content (AvgIpc) is 2.07. The molecule has 64 valence electrons. The quantitative estimate of drug-likeness (QED) is 0.625. The second-order valence-corrected chi connectivity index (χ2v) is 2.65. The Balaban J connectivity index is 0. The molecular formula is C11H18Zn. The Morgan fingerprint density at radius 3 is 1.50 bits per heavy atom. The van der Waals surface area contributed by atoms with Gasteiger partial charge in [-0.15, -0.1) is 0 Å². The largest absolute Gasteiger partial charge is 0.0654 e. The molecule has 0 bridgehead atoms. The summed E-state index contributed by atoms with van der Waals surface area (Å²) < 4.78 is 0. The molecule has 0 aromatic heterocycles. The standard InChI is InChI=1S/C7H8.C4H10.Zn/c1-7-5-3-2-4-6-7;1-3-4-2;/h2-6H,1H3;3-4H2,1-2H3;. The molecule has 1 rings (SSSR count). The van der Waals surface area contributed by atoms with Crippen LogP contribution in [0, 0.1) is 6.92 Å². The Morgan fingerprint density at radius 1 is 0.917 bits per heavy atom. The van der Waals surface area contributed by atoms with Crippen LogP contribution in [0.5, 0.6) is 0 Å². The molecule has 12 heavy (non-hydrogen) atoms. The smallest absolute Gasteiger partial charge is 0 e. The molecule has 0 aliphatic rings. The number of aryl methyl sites for hydroxylation is 1. The second-order valence-electron chi connectivity index (χ2n) is 2.65. The van der Waals surface area contributed by atoms with Gasteiger partial charge in [0.1, 0.15) is 0 Å². The van der Waals surface area contributed by atoms with Crippen LogP contribution in [0.25, 0.3) is 0 Å². The second kappa shape index (κ2) is 10.8. The summed E-state index contributed by atoms with van der Waals surface area (Å²) in [6.45, 7) is 6.44. The van der Waals surface area contributed by atoms with E-state index in [0.29, 0.717) is 0 Å². The maximum absolute atomic E-state index is 2.18. The molecule has 0 unspecified atom stereocenters. The molecule has 0 saturated carbocycles. The molecule has 0 heterocycles. The zero-order chi connectivity index (χ0) is 8.53. The van der Waals surface area contributed by atoms with Crippen molar-refractivity contribution in [1.82, 2.24) is 0 Å². The van der Waals surface area contributed by atoms with Crippen molar-refractivity contribution in [3.8, 4) is 0 Å². The van der Waals surface area contributed by atoms with Crippen LogP contribution in [0.1, 0.15) is 32.3 Å². The Labute approximate surface area is 89.1 Å². The number of benzene rings is 1. The SMILES string of the molecule is CCCC.Cc1ccccc1.[Zn]. The number of hydrogen-bond donors (Lipinski definition) is 0. The molecule has 1 heteroatoms. The van der Waals surface area contributed by atoms with E-state index in [1.165, 1.54) is 18.4 Å². The first-order valence-corrected chi connectivity index (χ1v) is 4.32. The normalized spacial score (nSPS) is 7.58. The van der Waals surface area contributed by atoms with Gasteiger partial charge < -0.3 is 0 Å². The summed E-state index contributed by atoms with van der Waals surface area (Å²) in [5.41, 5.74) is 1.32. The average molecular weight is 216 g/mol. The van der Waals surface area contributed by atoms with Crippen molar-refractivity contribution in [1.29, 1.82) is 0 Å². The molecule has 0 N–H and O–H groups in total. The summed E-state index contributed by atoms with van der Waals surface area (Å²) in [6, 6.07) is 10.3. The van der Waals surface area contributed by atoms with Crippen LogP contribution in [-0.2, 0) is 19.5 Å². The van der Waals surface area contributed by atoms with E-state index >= 15 is 0 Å². The predicted molar refractivity (Wildman–Crippen MR) is 51.8 cm³/mol. The summed E-state index contributed by atoms with van der Waals surface area (Å²) in [6.07, 6.45) is 2.64. The first-order valence-electron chi connectivity index (χ1n) is 4.32. The van der Waals surface area contributed by atoms with Gasteiger partial charge in [-0.05, 0) is 6.92 Å². The van der Waals surface area contributed by atoms with Crippen molar-refractivity contribution < 1.29 is 19.5 Å². The summed E-state index contributed by atoms with van der Waals surface area (Å²) in [5, 5.41) is 0. The van der Waals surface area contributed by atoms with Gasteiger partial charge in [-0.2, -0.15) is 0 Å². The first kappa shape index (κ1) is 14.4. The van der Waals surface area contributed by atoms with Crippen LogP contribution in [0.15, 0.2) is 30.3 Å². The Bertz CT molecular complexity index is 156. The molecule has 0 radical (unpaired) electrons. The molecular weight excluding hydrogens is 198 g/mol. The molecule has 0 atom stereocenters. The van der Waals surface area contributed by atoms with Gasteiger partial charge in [-0.3, -0.25) is 0 Å². The molecule has 1 aromatic rings. The topological polar surface area (TPSA) is 0 Å². The Kier molecular flexibility index (Phi) is 13.0. The van der Waals surface area contributed by atoms with E-state index in [1.807, 2.05) is 18.2 Å². The van der Waals surface area contributed by atoms with Crippen molar-refractivity contribution in [3.05, 3.63) is 35.9 Å². The third-order valence-corrected chi connectivity index (χ3v) is 1.44. The van der Waals surface area contributed by atoms with E-state index < -0.39 is 0 Å². The van der Waals surface area contributed by atoms with Crippen LogP contribution in [0.2, 0.25) is 0 Å². The third kappa shape index (κ3) is 9.84. The van der Waals surface area contributed by atoms with E-state index in [1.54, 1.807) is 0 Å². The van der Waals surface area contributed by atoms with Gasteiger partial charge in [0.25, 0.3) is 0 Å². The number of rotatable bonds is 1. The molecule has 0 saturated heterocycles. The first-order chi connectivity index (χ1) is 5.31. The van der Waals surface area contributed by atoms with Gasteiger partial charge in [-0.1, -0.05) is 62.6 Å². The fraction of sp³-hybridized carbons (Fsp3) is 0.455. The van der Waals surface area contributed by atoms with Crippen LogP contribution < -0.4 is 0 Å². The van der Waals surface area contributed by atoms with Gasteiger partial charge in [-0.25, -0.2) is 0 Å².